The highest BCUT2D eigenvalue weighted by atomic mass is 16.5. The molecule has 1 aliphatic heterocycles. The van der Waals surface area contributed by atoms with E-state index in [0.29, 0.717) is 12.3 Å². The summed E-state index contributed by atoms with van der Waals surface area (Å²) >= 11 is 0. The predicted octanol–water partition coefficient (Wildman–Crippen LogP) is 2.64. The van der Waals surface area contributed by atoms with Crippen LogP contribution >= 0.6 is 0 Å². The third-order valence-corrected chi connectivity index (χ3v) is 4.49. The Morgan fingerprint density at radius 2 is 2.26 bits per heavy atom. The molecular weight excluding hydrogens is 290 g/mol. The van der Waals surface area contributed by atoms with Crippen LogP contribution < -0.4 is 15.4 Å². The summed E-state index contributed by atoms with van der Waals surface area (Å²) in [6, 6.07) is 8.07. The van der Waals surface area contributed by atoms with Crippen molar-refractivity contribution in [1.29, 1.82) is 0 Å². The van der Waals surface area contributed by atoms with Gasteiger partial charge in [-0.05, 0) is 55.5 Å². The molecule has 5 heteroatoms. The van der Waals surface area contributed by atoms with Gasteiger partial charge in [0.2, 0.25) is 5.91 Å². The standard InChI is InChI=1S/C18H23N3O2/c1-12-8-14-10-15(23-2)5-6-16(14)20-18(12)21-7-3-4-13(11-21)9-17(19)22/h5-6,8,10,13H,3-4,7,9,11H2,1-2H3,(H2,19,22)/t13-/m1/s1. The van der Waals surface area contributed by atoms with Gasteiger partial charge in [0, 0.05) is 24.9 Å². The lowest BCUT2D eigenvalue weighted by molar-refractivity contribution is -0.118. The van der Waals surface area contributed by atoms with Gasteiger partial charge >= 0.3 is 0 Å². The molecular formula is C18H23N3O2. The van der Waals surface area contributed by atoms with Gasteiger partial charge in [0.25, 0.3) is 0 Å². The molecule has 0 bridgehead atoms. The van der Waals surface area contributed by atoms with E-state index in [4.69, 9.17) is 15.5 Å². The Labute approximate surface area is 136 Å². The second-order valence-electron chi connectivity index (χ2n) is 6.31. The number of benzene rings is 1. The van der Waals surface area contributed by atoms with Crippen LogP contribution in [0.1, 0.15) is 24.8 Å². The van der Waals surface area contributed by atoms with Gasteiger partial charge in [-0.15, -0.1) is 0 Å². The zero-order valence-corrected chi connectivity index (χ0v) is 13.7. The monoisotopic (exact) mass is 313 g/mol. The second kappa shape index (κ2) is 6.44. The Morgan fingerprint density at radius 1 is 1.43 bits per heavy atom. The summed E-state index contributed by atoms with van der Waals surface area (Å²) in [6.07, 6.45) is 2.59. The molecule has 0 radical (unpaired) electrons. The Morgan fingerprint density at radius 3 is 3.00 bits per heavy atom. The molecule has 2 heterocycles. The molecule has 1 saturated heterocycles. The molecule has 1 aromatic heterocycles. The lowest BCUT2D eigenvalue weighted by Crippen LogP contribution is -2.38. The van der Waals surface area contributed by atoms with E-state index in [2.05, 4.69) is 17.9 Å². The number of hydrogen-bond acceptors (Lipinski definition) is 4. The van der Waals surface area contributed by atoms with E-state index in [1.54, 1.807) is 7.11 Å². The number of aryl methyl sites for hydroxylation is 1. The fraction of sp³-hybridized carbons (Fsp3) is 0.444. The average molecular weight is 313 g/mol. The molecule has 1 amide bonds. The van der Waals surface area contributed by atoms with Crippen LogP contribution in [-0.2, 0) is 4.79 Å². The van der Waals surface area contributed by atoms with Crippen LogP contribution in [0.3, 0.4) is 0 Å². The van der Waals surface area contributed by atoms with Crippen LogP contribution in [-0.4, -0.2) is 31.1 Å². The van der Waals surface area contributed by atoms with Crippen LogP contribution in [0, 0.1) is 12.8 Å². The molecule has 122 valence electrons. The number of amides is 1. The summed E-state index contributed by atoms with van der Waals surface area (Å²) in [4.78, 5) is 18.3. The smallest absolute Gasteiger partial charge is 0.217 e. The summed E-state index contributed by atoms with van der Waals surface area (Å²) in [5, 5.41) is 1.08. The highest BCUT2D eigenvalue weighted by molar-refractivity contribution is 5.83. The van der Waals surface area contributed by atoms with Gasteiger partial charge < -0.3 is 15.4 Å². The number of carbonyl (C=O) groups excluding carboxylic acids is 1. The Hall–Kier alpha value is -2.30. The Balaban J connectivity index is 1.89. The highest BCUT2D eigenvalue weighted by Crippen LogP contribution is 2.29. The van der Waals surface area contributed by atoms with E-state index in [9.17, 15) is 4.79 Å². The number of hydrogen-bond donors (Lipinski definition) is 1. The Bertz CT molecular complexity index is 730. The number of carbonyl (C=O) groups is 1. The summed E-state index contributed by atoms with van der Waals surface area (Å²) in [7, 11) is 1.67. The molecule has 1 atom stereocenters. The van der Waals surface area contributed by atoms with Crippen molar-refractivity contribution in [3.05, 3.63) is 29.8 Å². The minimum Gasteiger partial charge on any atom is -0.497 e. The number of anilines is 1. The van der Waals surface area contributed by atoms with Crippen molar-refractivity contribution < 1.29 is 9.53 Å². The molecule has 0 unspecified atom stereocenters. The topological polar surface area (TPSA) is 68.4 Å². The maximum atomic E-state index is 11.2. The fourth-order valence-corrected chi connectivity index (χ4v) is 3.41. The summed E-state index contributed by atoms with van der Waals surface area (Å²) < 4.78 is 5.28. The normalized spacial score (nSPS) is 18.2. The van der Waals surface area contributed by atoms with Gasteiger partial charge in [-0.2, -0.15) is 0 Å². The zero-order chi connectivity index (χ0) is 16.4. The van der Waals surface area contributed by atoms with Crippen molar-refractivity contribution in [3.8, 4) is 5.75 Å². The van der Waals surface area contributed by atoms with Crippen LogP contribution in [0.5, 0.6) is 5.75 Å². The molecule has 23 heavy (non-hydrogen) atoms. The summed E-state index contributed by atoms with van der Waals surface area (Å²) in [6.45, 7) is 3.90. The molecule has 0 saturated carbocycles. The minimum absolute atomic E-state index is 0.216. The lowest BCUT2D eigenvalue weighted by atomic mass is 9.94. The lowest BCUT2D eigenvalue weighted by Gasteiger charge is -2.34. The number of pyridine rings is 1. The minimum atomic E-state index is -0.216. The molecule has 2 aromatic rings. The average Bonchev–Trinajstić information content (AvgIpc) is 2.53. The van der Waals surface area contributed by atoms with Crippen molar-refractivity contribution in [1.82, 2.24) is 4.98 Å². The van der Waals surface area contributed by atoms with Gasteiger partial charge in [0.15, 0.2) is 0 Å². The van der Waals surface area contributed by atoms with E-state index in [1.807, 2.05) is 18.2 Å². The third kappa shape index (κ3) is 3.38. The molecule has 0 aliphatic carbocycles. The van der Waals surface area contributed by atoms with Gasteiger partial charge in [-0.3, -0.25) is 4.79 Å². The third-order valence-electron chi connectivity index (χ3n) is 4.49. The fourth-order valence-electron chi connectivity index (χ4n) is 3.41. The number of aromatic nitrogens is 1. The number of nitrogens with two attached hydrogens (primary N) is 1. The molecule has 1 aliphatic rings. The zero-order valence-electron chi connectivity index (χ0n) is 13.7. The quantitative estimate of drug-likeness (QED) is 0.942. The van der Waals surface area contributed by atoms with E-state index in [-0.39, 0.29) is 5.91 Å². The van der Waals surface area contributed by atoms with Gasteiger partial charge in [0.1, 0.15) is 11.6 Å². The molecule has 5 nitrogen and oxygen atoms in total. The maximum absolute atomic E-state index is 11.2. The molecule has 1 fully saturated rings. The molecule has 2 N–H and O–H groups in total. The number of methoxy groups -OCH3 is 1. The van der Waals surface area contributed by atoms with Crippen molar-refractivity contribution >= 4 is 22.6 Å². The first-order valence-corrected chi connectivity index (χ1v) is 8.05. The van der Waals surface area contributed by atoms with Crippen molar-refractivity contribution in [2.75, 3.05) is 25.1 Å². The SMILES string of the molecule is COc1ccc2nc(N3CCC[C@H](CC(N)=O)C3)c(C)cc2c1. The molecule has 1 aromatic carbocycles. The van der Waals surface area contributed by atoms with E-state index in [0.717, 1.165) is 54.0 Å². The summed E-state index contributed by atoms with van der Waals surface area (Å²) in [5.74, 6) is 1.96. The molecule has 0 spiro atoms. The number of fused-ring (bicyclic) bond motifs is 1. The van der Waals surface area contributed by atoms with Crippen LogP contribution in [0.15, 0.2) is 24.3 Å². The van der Waals surface area contributed by atoms with E-state index < -0.39 is 0 Å². The predicted molar refractivity (Wildman–Crippen MR) is 91.8 cm³/mol. The van der Waals surface area contributed by atoms with Crippen molar-refractivity contribution in [2.45, 2.75) is 26.2 Å². The number of rotatable bonds is 4. The first kappa shape index (κ1) is 15.6. The van der Waals surface area contributed by atoms with Crippen molar-refractivity contribution in [3.63, 3.8) is 0 Å². The first-order valence-electron chi connectivity index (χ1n) is 8.05. The number of primary amides is 1. The largest absolute Gasteiger partial charge is 0.497 e. The Kier molecular flexibility index (Phi) is 4.37. The summed E-state index contributed by atoms with van der Waals surface area (Å²) in [5.41, 5.74) is 7.46. The van der Waals surface area contributed by atoms with Crippen molar-refractivity contribution in [2.24, 2.45) is 11.7 Å². The van der Waals surface area contributed by atoms with Gasteiger partial charge in [-0.25, -0.2) is 4.98 Å². The number of ether oxygens (including phenoxy) is 1. The maximum Gasteiger partial charge on any atom is 0.217 e. The van der Waals surface area contributed by atoms with Crippen LogP contribution in [0.4, 0.5) is 5.82 Å². The van der Waals surface area contributed by atoms with Gasteiger partial charge in [0.05, 0.1) is 12.6 Å². The molecule has 3 rings (SSSR count). The van der Waals surface area contributed by atoms with Crippen LogP contribution in [0.2, 0.25) is 0 Å². The van der Waals surface area contributed by atoms with E-state index >= 15 is 0 Å². The first-order chi connectivity index (χ1) is 11.1. The number of piperidine rings is 1. The van der Waals surface area contributed by atoms with E-state index in [1.165, 1.54) is 0 Å². The highest BCUT2D eigenvalue weighted by Gasteiger charge is 2.23. The number of nitrogens with zero attached hydrogens (tertiary/aromatic N) is 2. The van der Waals surface area contributed by atoms with Gasteiger partial charge in [-0.1, -0.05) is 0 Å². The van der Waals surface area contributed by atoms with Crippen LogP contribution in [0.25, 0.3) is 10.9 Å². The second-order valence-corrected chi connectivity index (χ2v) is 6.31.